The number of hydrogen-bond donors (Lipinski definition) is 0. The highest BCUT2D eigenvalue weighted by Crippen LogP contribution is 2.31. The molecular weight excluding hydrogens is 433 g/mol. The number of esters is 1. The van der Waals surface area contributed by atoms with E-state index in [1.54, 1.807) is 25.1 Å². The van der Waals surface area contributed by atoms with Gasteiger partial charge in [0.2, 0.25) is 5.91 Å². The van der Waals surface area contributed by atoms with Gasteiger partial charge in [-0.05, 0) is 62.1 Å². The van der Waals surface area contributed by atoms with E-state index in [-0.39, 0.29) is 36.0 Å². The van der Waals surface area contributed by atoms with Crippen molar-refractivity contribution in [1.29, 1.82) is 0 Å². The van der Waals surface area contributed by atoms with Gasteiger partial charge in [-0.15, -0.1) is 0 Å². The monoisotopic (exact) mass is 463 g/mol. The Labute approximate surface area is 199 Å². The molecule has 0 unspecified atom stereocenters. The van der Waals surface area contributed by atoms with Gasteiger partial charge in [0.25, 0.3) is 0 Å². The molecule has 178 valence electrons. The largest absolute Gasteiger partial charge is 0.461 e. The second-order valence-corrected chi connectivity index (χ2v) is 8.51. The summed E-state index contributed by atoms with van der Waals surface area (Å²) in [5, 5.41) is 4.56. The Kier molecular flexibility index (Phi) is 7.40. The van der Waals surface area contributed by atoms with E-state index >= 15 is 0 Å². The van der Waals surface area contributed by atoms with Gasteiger partial charge in [0.15, 0.2) is 5.69 Å². The molecular formula is C27H30FN3O3. The molecule has 1 aliphatic heterocycles. The number of piperidine rings is 1. The number of carbonyl (C=O) groups excluding carboxylic acids is 2. The van der Waals surface area contributed by atoms with Crippen LogP contribution >= 0.6 is 0 Å². The van der Waals surface area contributed by atoms with Crippen LogP contribution in [-0.2, 0) is 9.53 Å². The molecule has 6 nitrogen and oxygen atoms in total. The lowest BCUT2D eigenvalue weighted by atomic mass is 9.93. The molecule has 4 rings (SSSR count). The van der Waals surface area contributed by atoms with E-state index in [0.29, 0.717) is 13.1 Å². The summed E-state index contributed by atoms with van der Waals surface area (Å²) in [5.74, 6) is -0.798. The number of halogens is 1. The summed E-state index contributed by atoms with van der Waals surface area (Å²) in [6.45, 7) is 5.28. The molecule has 2 aromatic carbocycles. The Bertz CT molecular complexity index is 1120. The minimum atomic E-state index is -0.481. The molecule has 0 aliphatic carbocycles. The van der Waals surface area contributed by atoms with Crippen molar-refractivity contribution >= 4 is 11.9 Å². The minimum Gasteiger partial charge on any atom is -0.461 e. The van der Waals surface area contributed by atoms with Crippen LogP contribution in [-0.4, -0.2) is 46.3 Å². The summed E-state index contributed by atoms with van der Waals surface area (Å²) >= 11 is 0. The van der Waals surface area contributed by atoms with Gasteiger partial charge in [0.05, 0.1) is 24.3 Å². The maximum atomic E-state index is 13.5. The predicted molar refractivity (Wildman–Crippen MR) is 128 cm³/mol. The Balaban J connectivity index is 1.53. The van der Waals surface area contributed by atoms with Crippen molar-refractivity contribution in [1.82, 2.24) is 14.7 Å². The lowest BCUT2D eigenvalue weighted by molar-refractivity contribution is -0.134. The molecule has 3 aromatic rings. The van der Waals surface area contributed by atoms with Crippen LogP contribution in [0.2, 0.25) is 0 Å². The van der Waals surface area contributed by atoms with Crippen molar-refractivity contribution in [3.63, 3.8) is 0 Å². The van der Waals surface area contributed by atoms with Gasteiger partial charge in [-0.25, -0.2) is 9.18 Å². The molecule has 1 aliphatic rings. The number of carbonyl (C=O) groups is 2. The van der Waals surface area contributed by atoms with Crippen molar-refractivity contribution in [2.45, 2.75) is 45.1 Å². The quantitative estimate of drug-likeness (QED) is 0.451. The molecule has 0 radical (unpaired) electrons. The van der Waals surface area contributed by atoms with Crippen LogP contribution in [0, 0.1) is 5.82 Å². The molecule has 0 saturated carbocycles. The van der Waals surface area contributed by atoms with Crippen molar-refractivity contribution in [3.05, 3.63) is 77.7 Å². The van der Waals surface area contributed by atoms with E-state index in [1.165, 1.54) is 12.1 Å². The van der Waals surface area contributed by atoms with Crippen molar-refractivity contribution < 1.29 is 18.7 Å². The maximum absolute atomic E-state index is 13.5. The van der Waals surface area contributed by atoms with Gasteiger partial charge in [0.1, 0.15) is 5.82 Å². The molecule has 0 bridgehead atoms. The average Bonchev–Trinajstić information content (AvgIpc) is 3.31. The molecule has 7 heteroatoms. The first-order valence-corrected chi connectivity index (χ1v) is 11.9. The number of hydrogen-bond acceptors (Lipinski definition) is 4. The van der Waals surface area contributed by atoms with Crippen LogP contribution in [0.3, 0.4) is 0 Å². The number of ether oxygens (including phenoxy) is 1. The van der Waals surface area contributed by atoms with Crippen molar-refractivity contribution in [3.8, 4) is 11.3 Å². The fourth-order valence-corrected chi connectivity index (χ4v) is 4.60. The summed E-state index contributed by atoms with van der Waals surface area (Å²) in [6, 6.07) is 17.8. The SMILES string of the molecule is CCOC(=O)c1cc(-c2ccc(F)cc2)n(C2CCN(C(=O)[C@@H](CC)c3ccccc3)CC2)n1. The van der Waals surface area contributed by atoms with Crippen LogP contribution in [0.15, 0.2) is 60.7 Å². The topological polar surface area (TPSA) is 64.4 Å². The van der Waals surface area contributed by atoms with E-state index < -0.39 is 5.97 Å². The maximum Gasteiger partial charge on any atom is 0.358 e. The zero-order valence-corrected chi connectivity index (χ0v) is 19.6. The van der Waals surface area contributed by atoms with Gasteiger partial charge in [-0.2, -0.15) is 5.10 Å². The second-order valence-electron chi connectivity index (χ2n) is 8.51. The normalized spacial score (nSPS) is 15.2. The van der Waals surface area contributed by atoms with Gasteiger partial charge in [0, 0.05) is 18.7 Å². The van der Waals surface area contributed by atoms with Crippen LogP contribution in [0.25, 0.3) is 11.3 Å². The van der Waals surface area contributed by atoms with Crippen LogP contribution < -0.4 is 0 Å². The Morgan fingerprint density at radius 1 is 1.06 bits per heavy atom. The molecule has 2 heterocycles. The average molecular weight is 464 g/mol. The highest BCUT2D eigenvalue weighted by atomic mass is 19.1. The molecule has 1 atom stereocenters. The number of aromatic nitrogens is 2. The number of nitrogens with zero attached hydrogens (tertiary/aromatic N) is 3. The molecule has 1 fully saturated rings. The first-order chi connectivity index (χ1) is 16.5. The first kappa shape index (κ1) is 23.7. The molecule has 0 spiro atoms. The van der Waals surface area contributed by atoms with Gasteiger partial charge in [-0.1, -0.05) is 37.3 Å². The number of amides is 1. The highest BCUT2D eigenvalue weighted by molar-refractivity contribution is 5.88. The van der Waals surface area contributed by atoms with E-state index in [9.17, 15) is 14.0 Å². The Hall–Kier alpha value is -3.48. The Morgan fingerprint density at radius 2 is 1.74 bits per heavy atom. The lowest BCUT2D eigenvalue weighted by Crippen LogP contribution is -2.41. The molecule has 1 saturated heterocycles. The number of benzene rings is 2. The zero-order valence-electron chi connectivity index (χ0n) is 19.6. The summed E-state index contributed by atoms with van der Waals surface area (Å²) in [5.41, 5.74) is 2.79. The molecule has 34 heavy (non-hydrogen) atoms. The Morgan fingerprint density at radius 3 is 2.35 bits per heavy atom. The first-order valence-electron chi connectivity index (χ1n) is 11.9. The van der Waals surface area contributed by atoms with E-state index in [2.05, 4.69) is 5.10 Å². The third kappa shape index (κ3) is 5.03. The lowest BCUT2D eigenvalue weighted by Gasteiger charge is -2.35. The molecule has 1 amide bonds. The third-order valence-electron chi connectivity index (χ3n) is 6.39. The second kappa shape index (κ2) is 10.6. The predicted octanol–water partition coefficient (Wildman–Crippen LogP) is 5.22. The minimum absolute atomic E-state index is 0.0177. The van der Waals surface area contributed by atoms with Crippen molar-refractivity contribution in [2.24, 2.45) is 0 Å². The van der Waals surface area contributed by atoms with E-state index in [1.807, 2.05) is 46.8 Å². The van der Waals surface area contributed by atoms with Gasteiger partial charge in [-0.3, -0.25) is 9.48 Å². The smallest absolute Gasteiger partial charge is 0.358 e. The van der Waals surface area contributed by atoms with Gasteiger partial charge < -0.3 is 9.64 Å². The summed E-state index contributed by atoms with van der Waals surface area (Å²) in [6.07, 6.45) is 2.18. The third-order valence-corrected chi connectivity index (χ3v) is 6.39. The summed E-state index contributed by atoms with van der Waals surface area (Å²) in [4.78, 5) is 27.6. The van der Waals surface area contributed by atoms with Crippen molar-refractivity contribution in [2.75, 3.05) is 19.7 Å². The van der Waals surface area contributed by atoms with Crippen LogP contribution in [0.4, 0.5) is 4.39 Å². The van der Waals surface area contributed by atoms with Crippen LogP contribution in [0.1, 0.15) is 61.1 Å². The molecule has 1 aromatic heterocycles. The zero-order chi connectivity index (χ0) is 24.1. The fourth-order valence-electron chi connectivity index (χ4n) is 4.60. The molecule has 0 N–H and O–H groups in total. The fraction of sp³-hybridized carbons (Fsp3) is 0.370. The van der Waals surface area contributed by atoms with E-state index in [0.717, 1.165) is 36.1 Å². The standard InChI is InChI=1S/C27H30FN3O3/c1-3-23(19-8-6-5-7-9-19)26(32)30-16-14-22(15-17-30)31-25(20-10-12-21(28)13-11-20)18-24(29-31)27(33)34-4-2/h5-13,18,22-23H,3-4,14-17H2,1-2H3/t23-/m0/s1. The van der Waals surface area contributed by atoms with E-state index in [4.69, 9.17) is 4.74 Å². The number of rotatable bonds is 7. The summed E-state index contributed by atoms with van der Waals surface area (Å²) < 4.78 is 20.5. The summed E-state index contributed by atoms with van der Waals surface area (Å²) in [7, 11) is 0. The highest BCUT2D eigenvalue weighted by Gasteiger charge is 2.30. The van der Waals surface area contributed by atoms with Gasteiger partial charge >= 0.3 is 5.97 Å². The van der Waals surface area contributed by atoms with Crippen LogP contribution in [0.5, 0.6) is 0 Å². The number of likely N-dealkylation sites (tertiary alicyclic amines) is 1.